The molecule has 3 fully saturated rings. The number of aliphatic hydroxyl groups excluding tert-OH is 1. The van der Waals surface area contributed by atoms with Gasteiger partial charge < -0.3 is 5.11 Å². The molecule has 112 valence electrons. The normalized spacial score (nSPS) is 57.9. The molecule has 0 aromatic rings. The maximum atomic E-state index is 10.7. The van der Waals surface area contributed by atoms with Gasteiger partial charge >= 0.3 is 0 Å². The van der Waals surface area contributed by atoms with E-state index in [1.165, 1.54) is 51.4 Å². The van der Waals surface area contributed by atoms with E-state index in [2.05, 4.69) is 26.0 Å². The smallest absolute Gasteiger partial charge is 0.0779 e. The summed E-state index contributed by atoms with van der Waals surface area (Å²) in [6.07, 6.45) is 15.3. The predicted molar refractivity (Wildman–Crippen MR) is 82.3 cm³/mol. The van der Waals surface area contributed by atoms with E-state index in [1.807, 2.05) is 0 Å². The van der Waals surface area contributed by atoms with E-state index >= 15 is 0 Å². The van der Waals surface area contributed by atoms with Crippen LogP contribution in [0.1, 0.15) is 65.2 Å². The van der Waals surface area contributed by atoms with Gasteiger partial charge in [-0.3, -0.25) is 0 Å². The molecule has 1 unspecified atom stereocenters. The first-order valence-corrected chi connectivity index (χ1v) is 8.90. The number of hydrogen-bond donors (Lipinski definition) is 1. The topological polar surface area (TPSA) is 20.2 Å². The van der Waals surface area contributed by atoms with Crippen LogP contribution >= 0.6 is 0 Å². The van der Waals surface area contributed by atoms with E-state index in [9.17, 15) is 5.11 Å². The molecular formula is C19H30O. The maximum Gasteiger partial charge on any atom is 0.0779 e. The molecule has 4 aliphatic carbocycles. The van der Waals surface area contributed by atoms with Gasteiger partial charge in [-0.05, 0) is 74.0 Å². The highest BCUT2D eigenvalue weighted by molar-refractivity contribution is 5.14. The largest absolute Gasteiger partial charge is 0.388 e. The molecule has 0 saturated heterocycles. The SMILES string of the molecule is C[C@@]12CCC[C@H]1[C@@H]1CCC3CC=C[C@H](O)[C@]3(C)[C@H]1CC2. The van der Waals surface area contributed by atoms with Gasteiger partial charge in [0, 0.05) is 5.41 Å². The molecule has 0 amide bonds. The lowest BCUT2D eigenvalue weighted by Crippen LogP contribution is -2.56. The summed E-state index contributed by atoms with van der Waals surface area (Å²) in [5.74, 6) is 3.36. The molecule has 0 heterocycles. The van der Waals surface area contributed by atoms with Crippen LogP contribution in [0.25, 0.3) is 0 Å². The van der Waals surface area contributed by atoms with Crippen LogP contribution < -0.4 is 0 Å². The second-order valence-electron chi connectivity index (χ2n) is 8.71. The second kappa shape index (κ2) is 4.35. The van der Waals surface area contributed by atoms with Gasteiger partial charge in [-0.2, -0.15) is 0 Å². The third-order valence-corrected chi connectivity index (χ3v) is 8.12. The van der Waals surface area contributed by atoms with Crippen molar-refractivity contribution in [1.82, 2.24) is 0 Å². The van der Waals surface area contributed by atoms with Crippen LogP contribution in [0.5, 0.6) is 0 Å². The number of fused-ring (bicyclic) bond motifs is 5. The van der Waals surface area contributed by atoms with Crippen LogP contribution in [0.2, 0.25) is 0 Å². The maximum absolute atomic E-state index is 10.7. The first-order chi connectivity index (χ1) is 9.56. The summed E-state index contributed by atoms with van der Waals surface area (Å²) in [5, 5.41) is 10.7. The molecule has 4 rings (SSSR count). The molecular weight excluding hydrogens is 244 g/mol. The molecule has 3 saturated carbocycles. The fourth-order valence-electron chi connectivity index (χ4n) is 6.87. The first-order valence-electron chi connectivity index (χ1n) is 8.90. The van der Waals surface area contributed by atoms with Crippen LogP contribution in [-0.2, 0) is 0 Å². The molecule has 1 heteroatoms. The number of hydrogen-bond acceptors (Lipinski definition) is 1. The van der Waals surface area contributed by atoms with Crippen molar-refractivity contribution in [2.45, 2.75) is 71.3 Å². The highest BCUT2D eigenvalue weighted by atomic mass is 16.3. The number of allylic oxidation sites excluding steroid dienone is 1. The highest BCUT2D eigenvalue weighted by Gasteiger charge is 2.58. The number of aliphatic hydroxyl groups is 1. The molecule has 4 aliphatic rings. The Morgan fingerprint density at radius 3 is 2.70 bits per heavy atom. The zero-order valence-corrected chi connectivity index (χ0v) is 13.1. The summed E-state index contributed by atoms with van der Waals surface area (Å²) in [6.45, 7) is 4.98. The molecule has 0 aromatic heterocycles. The molecule has 1 nitrogen and oxygen atoms in total. The summed E-state index contributed by atoms with van der Waals surface area (Å²) >= 11 is 0. The molecule has 0 aromatic carbocycles. The first kappa shape index (κ1) is 13.4. The van der Waals surface area contributed by atoms with Gasteiger partial charge in [-0.25, -0.2) is 0 Å². The third kappa shape index (κ3) is 1.59. The van der Waals surface area contributed by atoms with Gasteiger partial charge in [0.25, 0.3) is 0 Å². The zero-order chi connectivity index (χ0) is 14.0. The molecule has 7 atom stereocenters. The Labute approximate surface area is 123 Å². The molecule has 0 aliphatic heterocycles. The molecule has 0 radical (unpaired) electrons. The lowest BCUT2D eigenvalue weighted by atomic mass is 9.45. The summed E-state index contributed by atoms with van der Waals surface area (Å²) in [6, 6.07) is 0. The Morgan fingerprint density at radius 1 is 1.00 bits per heavy atom. The van der Waals surface area contributed by atoms with Gasteiger partial charge in [-0.1, -0.05) is 32.4 Å². The van der Waals surface area contributed by atoms with Crippen molar-refractivity contribution in [1.29, 1.82) is 0 Å². The Bertz CT molecular complexity index is 427. The average Bonchev–Trinajstić information content (AvgIpc) is 2.82. The molecule has 1 N–H and O–H groups in total. The molecule has 20 heavy (non-hydrogen) atoms. The minimum absolute atomic E-state index is 0.168. The average molecular weight is 274 g/mol. The Kier molecular flexibility index (Phi) is 2.91. The second-order valence-corrected chi connectivity index (χ2v) is 8.71. The van der Waals surface area contributed by atoms with Crippen molar-refractivity contribution in [3.8, 4) is 0 Å². The van der Waals surface area contributed by atoms with Crippen molar-refractivity contribution >= 4 is 0 Å². The van der Waals surface area contributed by atoms with E-state index in [1.54, 1.807) is 0 Å². The van der Waals surface area contributed by atoms with Crippen molar-refractivity contribution in [2.24, 2.45) is 34.5 Å². The Hall–Kier alpha value is -0.300. The Balaban J connectivity index is 1.69. The minimum Gasteiger partial charge on any atom is -0.388 e. The van der Waals surface area contributed by atoms with Crippen LogP contribution in [0.15, 0.2) is 12.2 Å². The monoisotopic (exact) mass is 274 g/mol. The van der Waals surface area contributed by atoms with E-state index in [0.29, 0.717) is 5.41 Å². The van der Waals surface area contributed by atoms with Crippen LogP contribution in [0.3, 0.4) is 0 Å². The molecule has 0 spiro atoms. The van der Waals surface area contributed by atoms with E-state index in [4.69, 9.17) is 0 Å². The molecule has 0 bridgehead atoms. The summed E-state index contributed by atoms with van der Waals surface area (Å²) in [4.78, 5) is 0. The Morgan fingerprint density at radius 2 is 1.85 bits per heavy atom. The van der Waals surface area contributed by atoms with Gasteiger partial charge in [0.1, 0.15) is 0 Å². The van der Waals surface area contributed by atoms with Crippen LogP contribution in [-0.4, -0.2) is 11.2 Å². The van der Waals surface area contributed by atoms with Gasteiger partial charge in [0.15, 0.2) is 0 Å². The van der Waals surface area contributed by atoms with Crippen molar-refractivity contribution < 1.29 is 5.11 Å². The lowest BCUT2D eigenvalue weighted by molar-refractivity contribution is -0.131. The van der Waals surface area contributed by atoms with E-state index < -0.39 is 0 Å². The van der Waals surface area contributed by atoms with E-state index in [-0.39, 0.29) is 11.5 Å². The quantitative estimate of drug-likeness (QED) is 0.642. The fraction of sp³-hybridized carbons (Fsp3) is 0.895. The van der Waals surface area contributed by atoms with Gasteiger partial charge in [0.05, 0.1) is 6.10 Å². The van der Waals surface area contributed by atoms with Crippen LogP contribution in [0.4, 0.5) is 0 Å². The predicted octanol–water partition coefficient (Wildman–Crippen LogP) is 4.56. The summed E-state index contributed by atoms with van der Waals surface area (Å²) < 4.78 is 0. The standard InChI is InChI=1S/C19H30O/c1-18-11-4-6-15(18)14-9-8-13-5-3-7-17(20)19(13,2)16(14)10-12-18/h3,7,13-17,20H,4-6,8-12H2,1-2H3/t13?,14-,15-,16-,17-,18-,19-/m0/s1. The third-order valence-electron chi connectivity index (χ3n) is 8.12. The van der Waals surface area contributed by atoms with Crippen molar-refractivity contribution in [3.63, 3.8) is 0 Å². The lowest BCUT2D eigenvalue weighted by Gasteiger charge is -2.60. The highest BCUT2D eigenvalue weighted by Crippen LogP contribution is 2.65. The zero-order valence-electron chi connectivity index (χ0n) is 13.1. The van der Waals surface area contributed by atoms with Gasteiger partial charge in [0.2, 0.25) is 0 Å². The van der Waals surface area contributed by atoms with E-state index in [0.717, 1.165) is 23.7 Å². The van der Waals surface area contributed by atoms with Gasteiger partial charge in [-0.15, -0.1) is 0 Å². The fourth-order valence-corrected chi connectivity index (χ4v) is 6.87. The summed E-state index contributed by atoms with van der Waals surface area (Å²) in [5.41, 5.74) is 0.807. The van der Waals surface area contributed by atoms with Crippen LogP contribution in [0, 0.1) is 34.5 Å². The van der Waals surface area contributed by atoms with Crippen molar-refractivity contribution in [3.05, 3.63) is 12.2 Å². The van der Waals surface area contributed by atoms with Crippen molar-refractivity contribution in [2.75, 3.05) is 0 Å². The minimum atomic E-state index is -0.195. The number of rotatable bonds is 0. The summed E-state index contributed by atoms with van der Waals surface area (Å²) in [7, 11) is 0.